The summed E-state index contributed by atoms with van der Waals surface area (Å²) in [5.41, 5.74) is 1.34. The van der Waals surface area contributed by atoms with Gasteiger partial charge in [0, 0.05) is 6.54 Å². The molecule has 1 heterocycles. The van der Waals surface area contributed by atoms with Crippen molar-refractivity contribution in [3.63, 3.8) is 0 Å². The Balaban J connectivity index is 1.94. The Kier molecular flexibility index (Phi) is 6.20. The number of aliphatic carboxylic acids is 1. The van der Waals surface area contributed by atoms with Crippen LogP contribution in [0.5, 0.6) is 11.5 Å². The van der Waals surface area contributed by atoms with Gasteiger partial charge in [-0.1, -0.05) is 30.0 Å². The summed E-state index contributed by atoms with van der Waals surface area (Å²) in [6, 6.07) is 12.6. The summed E-state index contributed by atoms with van der Waals surface area (Å²) < 4.78 is 12.1. The second kappa shape index (κ2) is 8.79. The summed E-state index contributed by atoms with van der Waals surface area (Å²) in [6.45, 7) is 0.369. The van der Waals surface area contributed by atoms with E-state index in [1.165, 1.54) is 4.57 Å². The van der Waals surface area contributed by atoms with Crippen molar-refractivity contribution >= 4 is 28.6 Å². The Bertz CT molecular complexity index is 1060. The summed E-state index contributed by atoms with van der Waals surface area (Å²) in [4.78, 5) is 28.4. The third kappa shape index (κ3) is 4.28. The number of rotatable bonds is 8. The molecule has 1 aromatic heterocycles. The van der Waals surface area contributed by atoms with Crippen molar-refractivity contribution in [2.45, 2.75) is 18.1 Å². The van der Waals surface area contributed by atoms with Gasteiger partial charge < -0.3 is 14.6 Å². The molecule has 0 atom stereocenters. The van der Waals surface area contributed by atoms with E-state index >= 15 is 0 Å². The van der Waals surface area contributed by atoms with Gasteiger partial charge in [0.1, 0.15) is 0 Å². The van der Waals surface area contributed by atoms with Crippen LogP contribution < -0.4 is 15.0 Å². The number of aryl methyl sites for hydroxylation is 1. The van der Waals surface area contributed by atoms with E-state index in [9.17, 15) is 9.59 Å². The molecular weight excluding hydrogens is 380 g/mol. The van der Waals surface area contributed by atoms with Gasteiger partial charge in [-0.3, -0.25) is 14.2 Å². The van der Waals surface area contributed by atoms with Crippen molar-refractivity contribution in [3.8, 4) is 11.5 Å². The number of hydrogen-bond donors (Lipinski definition) is 1. The first-order valence-electron chi connectivity index (χ1n) is 8.58. The number of ether oxygens (including phenoxy) is 2. The molecule has 0 bridgehead atoms. The topological polar surface area (TPSA) is 90.6 Å². The quantitative estimate of drug-likeness (QED) is 0.459. The lowest BCUT2D eigenvalue weighted by Gasteiger charge is -2.13. The molecule has 0 amide bonds. The number of thioether (sulfide) groups is 1. The number of carboxylic acids is 1. The number of nitrogens with zero attached hydrogens (tertiary/aromatic N) is 2. The van der Waals surface area contributed by atoms with E-state index in [0.717, 1.165) is 17.3 Å². The molecular formula is C20H20N2O5S. The van der Waals surface area contributed by atoms with Crippen molar-refractivity contribution in [2.75, 3.05) is 20.0 Å². The van der Waals surface area contributed by atoms with Gasteiger partial charge in [0.05, 0.1) is 30.9 Å². The molecule has 0 aliphatic heterocycles. The molecule has 0 aliphatic rings. The summed E-state index contributed by atoms with van der Waals surface area (Å²) in [5, 5.41) is 9.91. The molecule has 2 aromatic carbocycles. The minimum absolute atomic E-state index is 0.166. The van der Waals surface area contributed by atoms with E-state index in [1.807, 2.05) is 18.2 Å². The zero-order chi connectivity index (χ0) is 20.1. The smallest absolute Gasteiger partial charge is 0.313 e. The molecule has 0 aliphatic carbocycles. The molecule has 0 unspecified atom stereocenters. The van der Waals surface area contributed by atoms with Crippen molar-refractivity contribution < 1.29 is 19.4 Å². The van der Waals surface area contributed by atoms with E-state index in [-0.39, 0.29) is 11.3 Å². The van der Waals surface area contributed by atoms with Crippen LogP contribution in [0.25, 0.3) is 10.9 Å². The maximum atomic E-state index is 13.0. The monoisotopic (exact) mass is 400 g/mol. The second-order valence-electron chi connectivity index (χ2n) is 5.99. The Labute approximate surface area is 165 Å². The third-order valence-electron chi connectivity index (χ3n) is 4.22. The molecule has 0 saturated carbocycles. The number of aromatic nitrogens is 2. The predicted octanol–water partition coefficient (Wildman–Crippen LogP) is 2.83. The number of carboxylic acid groups (broad SMARTS) is 1. The molecule has 7 nitrogen and oxygen atoms in total. The number of fused-ring (bicyclic) bond motifs is 1. The number of carbonyl (C=O) groups is 1. The maximum absolute atomic E-state index is 13.0. The van der Waals surface area contributed by atoms with E-state index in [0.29, 0.717) is 40.5 Å². The first-order chi connectivity index (χ1) is 13.5. The summed E-state index contributed by atoms with van der Waals surface area (Å²) in [5.74, 6) is 0.123. The van der Waals surface area contributed by atoms with Crippen LogP contribution in [0.15, 0.2) is 52.4 Å². The van der Waals surface area contributed by atoms with Crippen LogP contribution in [0.3, 0.4) is 0 Å². The second-order valence-corrected chi connectivity index (χ2v) is 6.93. The highest BCUT2D eigenvalue weighted by atomic mass is 32.2. The lowest BCUT2D eigenvalue weighted by atomic mass is 10.1. The van der Waals surface area contributed by atoms with E-state index in [1.54, 1.807) is 38.5 Å². The van der Waals surface area contributed by atoms with Gasteiger partial charge in [-0.05, 0) is 36.2 Å². The molecule has 146 valence electrons. The molecule has 1 N–H and O–H groups in total. The molecule has 0 fully saturated rings. The van der Waals surface area contributed by atoms with Gasteiger partial charge in [-0.2, -0.15) is 0 Å². The summed E-state index contributed by atoms with van der Waals surface area (Å²) in [7, 11) is 3.14. The Morgan fingerprint density at radius 2 is 1.89 bits per heavy atom. The van der Waals surface area contributed by atoms with Crippen LogP contribution in [0, 0.1) is 0 Å². The van der Waals surface area contributed by atoms with Gasteiger partial charge in [0.15, 0.2) is 16.7 Å². The van der Waals surface area contributed by atoms with Gasteiger partial charge in [0.25, 0.3) is 5.56 Å². The minimum atomic E-state index is -0.959. The predicted molar refractivity (Wildman–Crippen MR) is 108 cm³/mol. The van der Waals surface area contributed by atoms with Crippen molar-refractivity contribution in [3.05, 3.63) is 58.4 Å². The first-order valence-corrected chi connectivity index (χ1v) is 9.57. The van der Waals surface area contributed by atoms with Crippen LogP contribution in [-0.2, 0) is 17.8 Å². The van der Waals surface area contributed by atoms with Gasteiger partial charge >= 0.3 is 5.97 Å². The average molecular weight is 400 g/mol. The zero-order valence-electron chi connectivity index (χ0n) is 15.5. The normalized spacial score (nSPS) is 10.8. The fourth-order valence-corrected chi connectivity index (χ4v) is 3.60. The highest BCUT2D eigenvalue weighted by Crippen LogP contribution is 2.28. The number of hydrogen-bond acceptors (Lipinski definition) is 6. The highest BCUT2D eigenvalue weighted by Gasteiger charge is 2.13. The van der Waals surface area contributed by atoms with Crippen molar-refractivity contribution in [1.29, 1.82) is 0 Å². The van der Waals surface area contributed by atoms with Gasteiger partial charge in [-0.15, -0.1) is 0 Å². The van der Waals surface area contributed by atoms with Crippen LogP contribution in [0.1, 0.15) is 5.56 Å². The van der Waals surface area contributed by atoms with E-state index < -0.39 is 5.97 Å². The number of para-hydroxylation sites is 1. The number of benzene rings is 2. The highest BCUT2D eigenvalue weighted by molar-refractivity contribution is 7.99. The lowest BCUT2D eigenvalue weighted by Crippen LogP contribution is -2.24. The molecule has 0 spiro atoms. The fraction of sp³-hybridized carbons (Fsp3) is 0.250. The minimum Gasteiger partial charge on any atom is -0.493 e. The van der Waals surface area contributed by atoms with Gasteiger partial charge in [-0.25, -0.2) is 4.98 Å². The Hall–Kier alpha value is -3.00. The molecule has 0 radical (unpaired) electrons. The Morgan fingerprint density at radius 1 is 1.14 bits per heavy atom. The maximum Gasteiger partial charge on any atom is 0.313 e. The SMILES string of the molecule is COc1ccc(CCn2c(SCC(=O)O)nc3ccccc3c2=O)cc1OC. The molecule has 28 heavy (non-hydrogen) atoms. The molecule has 3 aromatic rings. The third-order valence-corrected chi connectivity index (χ3v) is 5.18. The lowest BCUT2D eigenvalue weighted by molar-refractivity contribution is -0.133. The average Bonchev–Trinajstić information content (AvgIpc) is 2.71. The van der Waals surface area contributed by atoms with Gasteiger partial charge in [0.2, 0.25) is 0 Å². The number of methoxy groups -OCH3 is 2. The summed E-state index contributed by atoms with van der Waals surface area (Å²) in [6.07, 6.45) is 0.556. The van der Waals surface area contributed by atoms with Crippen LogP contribution in [0.2, 0.25) is 0 Å². The largest absolute Gasteiger partial charge is 0.493 e. The van der Waals surface area contributed by atoms with E-state index in [4.69, 9.17) is 14.6 Å². The standard InChI is InChI=1S/C20H20N2O5S/c1-26-16-8-7-13(11-17(16)27-2)9-10-22-19(25)14-5-3-4-6-15(14)21-20(22)28-12-18(23)24/h3-8,11H,9-10,12H2,1-2H3,(H,23,24). The summed E-state index contributed by atoms with van der Waals surface area (Å²) >= 11 is 1.04. The molecule has 3 rings (SSSR count). The van der Waals surface area contributed by atoms with E-state index in [2.05, 4.69) is 4.98 Å². The van der Waals surface area contributed by atoms with Crippen LogP contribution >= 0.6 is 11.8 Å². The molecule has 0 saturated heterocycles. The zero-order valence-corrected chi connectivity index (χ0v) is 16.4. The van der Waals surface area contributed by atoms with Crippen LogP contribution in [0.4, 0.5) is 0 Å². The molecule has 8 heteroatoms. The van der Waals surface area contributed by atoms with Crippen LogP contribution in [-0.4, -0.2) is 40.6 Å². The van der Waals surface area contributed by atoms with Crippen molar-refractivity contribution in [2.24, 2.45) is 0 Å². The van der Waals surface area contributed by atoms with Crippen molar-refractivity contribution in [1.82, 2.24) is 9.55 Å². The Morgan fingerprint density at radius 3 is 2.61 bits per heavy atom. The fourth-order valence-electron chi connectivity index (χ4n) is 2.86. The first kappa shape index (κ1) is 19.8.